The number of aliphatic hydroxyl groups excluding tert-OH is 1. The molecule has 128 valence electrons. The molecular formula is C13H29O6PS. The first-order chi connectivity index (χ1) is 10.1. The monoisotopic (exact) mass is 344 g/mol. The largest absolute Gasteiger partial charge is 0.415 e. The molecule has 0 amide bonds. The maximum absolute atomic E-state index is 12.2. The van der Waals surface area contributed by atoms with Crippen molar-refractivity contribution in [2.24, 2.45) is 0 Å². The van der Waals surface area contributed by atoms with Crippen molar-refractivity contribution in [3.05, 3.63) is 0 Å². The Labute approximate surface area is 132 Å². The lowest BCUT2D eigenvalue weighted by molar-refractivity contribution is 0.0241. The predicted octanol–water partition coefficient (Wildman–Crippen LogP) is 3.79. The topological polar surface area (TPSA) is 74.2 Å². The summed E-state index contributed by atoms with van der Waals surface area (Å²) in [5, 5.41) is 9.72. The van der Waals surface area contributed by atoms with Crippen LogP contribution < -0.4 is 0 Å². The van der Waals surface area contributed by atoms with Gasteiger partial charge in [0.1, 0.15) is 11.7 Å². The summed E-state index contributed by atoms with van der Waals surface area (Å²) in [5.41, 5.74) is 0. The molecule has 0 bridgehead atoms. The van der Waals surface area contributed by atoms with Crippen LogP contribution in [-0.2, 0) is 22.5 Å². The zero-order valence-corrected chi connectivity index (χ0v) is 15.0. The van der Waals surface area contributed by atoms with Gasteiger partial charge in [0.05, 0.1) is 33.0 Å². The van der Waals surface area contributed by atoms with Gasteiger partial charge in [0, 0.05) is 6.61 Å². The van der Waals surface area contributed by atoms with Crippen LogP contribution in [0, 0.1) is 0 Å². The Balaban J connectivity index is 3.87. The number of unbranched alkanes of at least 4 members (excludes halogenated alkanes) is 2. The number of hydrogen-bond donors (Lipinski definition) is 1. The van der Waals surface area contributed by atoms with Gasteiger partial charge in [-0.3, -0.25) is 9.05 Å². The van der Waals surface area contributed by atoms with Crippen LogP contribution >= 0.6 is 18.5 Å². The third kappa shape index (κ3) is 12.6. The summed E-state index contributed by atoms with van der Waals surface area (Å²) in [4.78, 5) is 0. The van der Waals surface area contributed by atoms with Crippen LogP contribution in [0.3, 0.4) is 0 Å². The SMILES string of the molecule is CCCCOCC(O)CCOP(=O)(OCCCC)SOC. The average molecular weight is 344 g/mol. The van der Waals surface area contributed by atoms with E-state index in [-0.39, 0.29) is 13.2 Å². The molecule has 0 aromatic carbocycles. The number of aliphatic hydroxyl groups is 1. The normalized spacial score (nSPS) is 15.8. The first-order valence-electron chi connectivity index (χ1n) is 7.45. The minimum atomic E-state index is -3.30. The summed E-state index contributed by atoms with van der Waals surface area (Å²) in [6.07, 6.45) is 3.52. The molecule has 0 fully saturated rings. The Morgan fingerprint density at radius 3 is 2.33 bits per heavy atom. The van der Waals surface area contributed by atoms with Crippen LogP contribution in [0.25, 0.3) is 0 Å². The summed E-state index contributed by atoms with van der Waals surface area (Å²) in [6.45, 7) is 2.22. The quantitative estimate of drug-likeness (QED) is 0.275. The Kier molecular flexibility index (Phi) is 14.3. The van der Waals surface area contributed by atoms with E-state index < -0.39 is 12.9 Å². The van der Waals surface area contributed by atoms with Gasteiger partial charge in [-0.1, -0.05) is 26.7 Å². The van der Waals surface area contributed by atoms with Crippen molar-refractivity contribution in [2.45, 2.75) is 52.1 Å². The second-order valence-electron chi connectivity index (χ2n) is 4.58. The maximum atomic E-state index is 12.2. The average Bonchev–Trinajstić information content (AvgIpc) is 2.44. The van der Waals surface area contributed by atoms with Crippen LogP contribution in [0.15, 0.2) is 0 Å². The van der Waals surface area contributed by atoms with E-state index in [1.165, 1.54) is 7.11 Å². The zero-order valence-electron chi connectivity index (χ0n) is 13.3. The van der Waals surface area contributed by atoms with Gasteiger partial charge >= 0.3 is 6.80 Å². The van der Waals surface area contributed by atoms with Crippen molar-refractivity contribution in [3.8, 4) is 0 Å². The highest BCUT2D eigenvalue weighted by atomic mass is 32.7. The molecule has 21 heavy (non-hydrogen) atoms. The molecule has 0 aliphatic carbocycles. The van der Waals surface area contributed by atoms with E-state index in [9.17, 15) is 9.67 Å². The second kappa shape index (κ2) is 14.0. The summed E-state index contributed by atoms with van der Waals surface area (Å²) in [6, 6.07) is 0. The minimum absolute atomic E-state index is 0.137. The Bertz CT molecular complexity index is 279. The van der Waals surface area contributed by atoms with Gasteiger partial charge in [-0.05, 0) is 19.3 Å². The minimum Gasteiger partial charge on any atom is -0.391 e. The van der Waals surface area contributed by atoms with Crippen LogP contribution in [-0.4, -0.2) is 44.7 Å². The van der Waals surface area contributed by atoms with Gasteiger partial charge in [-0.25, -0.2) is 4.57 Å². The van der Waals surface area contributed by atoms with Crippen LogP contribution in [0.2, 0.25) is 0 Å². The van der Waals surface area contributed by atoms with Crippen LogP contribution in [0.5, 0.6) is 0 Å². The van der Waals surface area contributed by atoms with Crippen molar-refractivity contribution >= 4 is 18.5 Å². The predicted molar refractivity (Wildman–Crippen MR) is 85.4 cm³/mol. The lowest BCUT2D eigenvalue weighted by Gasteiger charge is -2.17. The lowest BCUT2D eigenvalue weighted by atomic mass is 10.3. The van der Waals surface area contributed by atoms with Gasteiger partial charge in [0.15, 0.2) is 0 Å². The molecule has 8 heteroatoms. The number of ether oxygens (including phenoxy) is 1. The van der Waals surface area contributed by atoms with Crippen molar-refractivity contribution in [3.63, 3.8) is 0 Å². The first kappa shape index (κ1) is 21.4. The van der Waals surface area contributed by atoms with Gasteiger partial charge in [-0.2, -0.15) is 0 Å². The third-order valence-corrected chi connectivity index (χ3v) is 5.52. The standard InChI is InChI=1S/C13H29O6PS/c1-4-6-9-17-12-13(14)8-11-19-20(15,21-16-3)18-10-7-5-2/h13-14H,4-12H2,1-3H3. The smallest absolute Gasteiger partial charge is 0.391 e. The molecule has 0 radical (unpaired) electrons. The molecular weight excluding hydrogens is 315 g/mol. The van der Waals surface area contributed by atoms with Crippen LogP contribution in [0.1, 0.15) is 46.0 Å². The second-order valence-corrected chi connectivity index (χ2v) is 8.26. The van der Waals surface area contributed by atoms with Crippen molar-refractivity contribution < 1.29 is 27.6 Å². The fourth-order valence-electron chi connectivity index (χ4n) is 1.34. The molecule has 0 heterocycles. The highest BCUT2D eigenvalue weighted by molar-refractivity contribution is 8.52. The summed E-state index contributed by atoms with van der Waals surface area (Å²) in [5.74, 6) is 0. The van der Waals surface area contributed by atoms with Gasteiger partial charge < -0.3 is 14.0 Å². The highest BCUT2D eigenvalue weighted by Gasteiger charge is 2.27. The van der Waals surface area contributed by atoms with E-state index in [0.29, 0.717) is 31.3 Å². The Morgan fingerprint density at radius 2 is 1.71 bits per heavy atom. The number of rotatable bonds is 15. The molecule has 0 aliphatic rings. The Hall–Kier alpha value is 0.380. The van der Waals surface area contributed by atoms with E-state index in [2.05, 4.69) is 6.92 Å². The molecule has 0 aromatic heterocycles. The molecule has 0 saturated heterocycles. The molecule has 0 rings (SSSR count). The molecule has 0 aromatic rings. The van der Waals surface area contributed by atoms with Gasteiger partial charge in [0.2, 0.25) is 0 Å². The van der Waals surface area contributed by atoms with E-state index in [1.54, 1.807) is 0 Å². The molecule has 2 unspecified atom stereocenters. The molecule has 6 nitrogen and oxygen atoms in total. The molecule has 2 atom stereocenters. The van der Waals surface area contributed by atoms with Crippen molar-refractivity contribution in [2.75, 3.05) is 33.5 Å². The Morgan fingerprint density at radius 1 is 1.10 bits per heavy atom. The van der Waals surface area contributed by atoms with E-state index in [0.717, 1.165) is 25.7 Å². The van der Waals surface area contributed by atoms with Crippen LogP contribution in [0.4, 0.5) is 0 Å². The molecule has 0 spiro atoms. The highest BCUT2D eigenvalue weighted by Crippen LogP contribution is 2.60. The molecule has 1 N–H and O–H groups in total. The lowest BCUT2D eigenvalue weighted by Crippen LogP contribution is -2.17. The van der Waals surface area contributed by atoms with E-state index in [1.807, 2.05) is 6.92 Å². The van der Waals surface area contributed by atoms with E-state index in [4.69, 9.17) is 18.0 Å². The summed E-state index contributed by atoms with van der Waals surface area (Å²) >= 11 is 0.704. The summed E-state index contributed by atoms with van der Waals surface area (Å²) < 4.78 is 32.9. The fraction of sp³-hybridized carbons (Fsp3) is 1.00. The van der Waals surface area contributed by atoms with Crippen molar-refractivity contribution in [1.82, 2.24) is 0 Å². The van der Waals surface area contributed by atoms with Crippen molar-refractivity contribution in [1.29, 1.82) is 0 Å². The maximum Gasteiger partial charge on any atom is 0.415 e. The number of hydrogen-bond acceptors (Lipinski definition) is 7. The third-order valence-electron chi connectivity index (χ3n) is 2.57. The first-order valence-corrected chi connectivity index (χ1v) is 10.3. The van der Waals surface area contributed by atoms with E-state index >= 15 is 0 Å². The van der Waals surface area contributed by atoms with Gasteiger partial charge in [-0.15, -0.1) is 0 Å². The fourth-order valence-corrected chi connectivity index (χ4v) is 3.62. The molecule has 0 aliphatic heterocycles. The summed E-state index contributed by atoms with van der Waals surface area (Å²) in [7, 11) is 1.42. The van der Waals surface area contributed by atoms with Gasteiger partial charge in [0.25, 0.3) is 0 Å². The zero-order chi connectivity index (χ0) is 16.0. The molecule has 0 saturated carbocycles.